The largest absolute Gasteiger partial charge is 0.494 e. The van der Waals surface area contributed by atoms with Gasteiger partial charge in [0.15, 0.2) is 0 Å². The fraction of sp³-hybridized carbons (Fsp3) is 0.364. The molecule has 1 aromatic rings. The summed E-state index contributed by atoms with van der Waals surface area (Å²) in [5.74, 6) is 5.69. The Hall–Kier alpha value is -0.820. The van der Waals surface area contributed by atoms with Gasteiger partial charge in [0.1, 0.15) is 5.75 Å². The highest BCUT2D eigenvalue weighted by molar-refractivity contribution is 14.1. The molecule has 0 bridgehead atoms. The summed E-state index contributed by atoms with van der Waals surface area (Å²) in [5, 5.41) is 0. The number of halogens is 1. The number of benzene rings is 1. The fourth-order valence-electron chi connectivity index (χ4n) is 1.18. The lowest BCUT2D eigenvalue weighted by Gasteiger charge is -2.05. The van der Waals surface area contributed by atoms with E-state index in [9.17, 15) is 4.79 Å². The third-order valence-corrected chi connectivity index (χ3v) is 2.76. The molecule has 0 unspecified atom stereocenters. The maximum absolute atomic E-state index is 10.8. The average Bonchev–Trinajstić information content (AvgIpc) is 2.31. The fourth-order valence-corrected chi connectivity index (χ4v) is 1.54. The van der Waals surface area contributed by atoms with Crippen LogP contribution >= 0.6 is 22.6 Å². The molecule has 16 heavy (non-hydrogen) atoms. The van der Waals surface area contributed by atoms with Crippen molar-refractivity contribution in [3.8, 4) is 5.75 Å². The number of nitrogens with two attached hydrogens (primary N) is 1. The quantitative estimate of drug-likeness (QED) is 0.274. The molecular weight excluding hydrogens is 319 g/mol. The molecule has 0 saturated carbocycles. The monoisotopic (exact) mass is 334 g/mol. The van der Waals surface area contributed by atoms with Crippen LogP contribution in [0.25, 0.3) is 0 Å². The Balaban J connectivity index is 2.11. The van der Waals surface area contributed by atoms with Crippen molar-refractivity contribution in [1.82, 2.24) is 5.43 Å². The first kappa shape index (κ1) is 13.2. The number of hydrogen-bond acceptors (Lipinski definition) is 3. The van der Waals surface area contributed by atoms with E-state index in [4.69, 9.17) is 10.6 Å². The van der Waals surface area contributed by atoms with E-state index in [0.717, 1.165) is 18.6 Å². The summed E-state index contributed by atoms with van der Waals surface area (Å²) >= 11 is 2.25. The van der Waals surface area contributed by atoms with Crippen molar-refractivity contribution in [1.29, 1.82) is 0 Å². The Morgan fingerprint density at radius 3 is 2.62 bits per heavy atom. The molecule has 0 aliphatic carbocycles. The Labute approximate surface area is 109 Å². The Kier molecular flexibility index (Phi) is 6.17. The lowest BCUT2D eigenvalue weighted by atomic mass is 10.2. The van der Waals surface area contributed by atoms with Gasteiger partial charge in [-0.15, -0.1) is 0 Å². The zero-order valence-corrected chi connectivity index (χ0v) is 11.1. The minimum atomic E-state index is -0.130. The first-order chi connectivity index (χ1) is 7.72. The van der Waals surface area contributed by atoms with Crippen molar-refractivity contribution in [2.24, 2.45) is 5.84 Å². The smallest absolute Gasteiger partial charge is 0.233 e. The molecule has 88 valence electrons. The third-order valence-electron chi connectivity index (χ3n) is 2.04. The molecule has 4 nitrogen and oxygen atoms in total. The molecule has 0 heterocycles. The summed E-state index contributed by atoms with van der Waals surface area (Å²) in [6.07, 6.45) is 2.08. The van der Waals surface area contributed by atoms with Gasteiger partial charge in [-0.25, -0.2) is 5.84 Å². The first-order valence-electron chi connectivity index (χ1n) is 5.10. The summed E-state index contributed by atoms with van der Waals surface area (Å²) in [6.45, 7) is 0.623. The van der Waals surface area contributed by atoms with Gasteiger partial charge >= 0.3 is 0 Å². The van der Waals surface area contributed by atoms with Crippen LogP contribution in [0.4, 0.5) is 0 Å². The zero-order chi connectivity index (χ0) is 11.8. The van der Waals surface area contributed by atoms with Crippen LogP contribution in [-0.4, -0.2) is 12.5 Å². The zero-order valence-electron chi connectivity index (χ0n) is 8.91. The van der Waals surface area contributed by atoms with E-state index >= 15 is 0 Å². The summed E-state index contributed by atoms with van der Waals surface area (Å²) in [7, 11) is 0. The second-order valence-electron chi connectivity index (χ2n) is 3.33. The number of hydrogen-bond donors (Lipinski definition) is 2. The molecule has 0 aliphatic heterocycles. The summed E-state index contributed by atoms with van der Waals surface area (Å²) in [6, 6.07) is 7.87. The van der Waals surface area contributed by atoms with E-state index in [0.29, 0.717) is 13.0 Å². The van der Waals surface area contributed by atoms with E-state index in [1.165, 1.54) is 3.57 Å². The van der Waals surface area contributed by atoms with E-state index < -0.39 is 0 Å². The normalized spacial score (nSPS) is 9.88. The van der Waals surface area contributed by atoms with E-state index in [1.807, 2.05) is 24.3 Å². The molecular formula is C11H15IN2O2. The van der Waals surface area contributed by atoms with Crippen LogP contribution < -0.4 is 16.0 Å². The molecule has 0 fully saturated rings. The number of nitrogens with one attached hydrogen (secondary N) is 1. The van der Waals surface area contributed by atoms with E-state index in [2.05, 4.69) is 28.0 Å². The Morgan fingerprint density at radius 2 is 2.00 bits per heavy atom. The third kappa shape index (κ3) is 5.32. The van der Waals surface area contributed by atoms with Gasteiger partial charge in [-0.2, -0.15) is 0 Å². The molecule has 1 rings (SSSR count). The minimum absolute atomic E-state index is 0.130. The van der Waals surface area contributed by atoms with Crippen molar-refractivity contribution in [3.63, 3.8) is 0 Å². The Morgan fingerprint density at radius 1 is 1.31 bits per heavy atom. The van der Waals surface area contributed by atoms with Gasteiger partial charge in [-0.3, -0.25) is 10.2 Å². The molecule has 0 atom stereocenters. The van der Waals surface area contributed by atoms with Crippen molar-refractivity contribution < 1.29 is 9.53 Å². The highest BCUT2D eigenvalue weighted by atomic mass is 127. The number of carbonyl (C=O) groups is 1. The van der Waals surface area contributed by atoms with Crippen LogP contribution in [0.1, 0.15) is 19.3 Å². The average molecular weight is 334 g/mol. The summed E-state index contributed by atoms with van der Waals surface area (Å²) in [5.41, 5.74) is 2.10. The number of unbranched alkanes of at least 4 members (excludes halogenated alkanes) is 1. The molecule has 3 N–H and O–H groups in total. The van der Waals surface area contributed by atoms with Crippen LogP contribution in [0.5, 0.6) is 5.75 Å². The molecule has 1 aromatic carbocycles. The van der Waals surface area contributed by atoms with Gasteiger partial charge in [0, 0.05) is 9.99 Å². The number of ether oxygens (including phenoxy) is 1. The van der Waals surface area contributed by atoms with Gasteiger partial charge in [0.25, 0.3) is 0 Å². The highest BCUT2D eigenvalue weighted by Gasteiger charge is 1.98. The van der Waals surface area contributed by atoms with Crippen molar-refractivity contribution in [3.05, 3.63) is 27.8 Å². The summed E-state index contributed by atoms with van der Waals surface area (Å²) < 4.78 is 6.69. The van der Waals surface area contributed by atoms with Gasteiger partial charge in [0.05, 0.1) is 6.61 Å². The SMILES string of the molecule is NNC(=O)CCCCOc1ccc(I)cc1. The second kappa shape index (κ2) is 7.45. The number of hydrazine groups is 1. The lowest BCUT2D eigenvalue weighted by molar-refractivity contribution is -0.121. The van der Waals surface area contributed by atoms with Gasteiger partial charge in [0.2, 0.25) is 5.91 Å². The topological polar surface area (TPSA) is 64.3 Å². The maximum Gasteiger partial charge on any atom is 0.233 e. The van der Waals surface area contributed by atoms with Gasteiger partial charge in [-0.1, -0.05) is 0 Å². The van der Waals surface area contributed by atoms with Crippen LogP contribution in [0.15, 0.2) is 24.3 Å². The predicted octanol–water partition coefficient (Wildman–Crippen LogP) is 1.83. The maximum atomic E-state index is 10.8. The standard InChI is InChI=1S/C11H15IN2O2/c12-9-4-6-10(7-5-9)16-8-2-1-3-11(15)14-13/h4-7H,1-3,8,13H2,(H,14,15). The van der Waals surface area contributed by atoms with Gasteiger partial charge < -0.3 is 4.74 Å². The predicted molar refractivity (Wildman–Crippen MR) is 70.8 cm³/mol. The number of rotatable bonds is 6. The summed E-state index contributed by atoms with van der Waals surface area (Å²) in [4.78, 5) is 10.8. The number of amides is 1. The highest BCUT2D eigenvalue weighted by Crippen LogP contribution is 2.13. The lowest BCUT2D eigenvalue weighted by Crippen LogP contribution is -2.29. The van der Waals surface area contributed by atoms with Crippen LogP contribution in [0, 0.1) is 3.57 Å². The van der Waals surface area contributed by atoms with Crippen LogP contribution in [0.3, 0.4) is 0 Å². The molecule has 0 saturated heterocycles. The molecule has 0 aromatic heterocycles. The minimum Gasteiger partial charge on any atom is -0.494 e. The van der Waals surface area contributed by atoms with Crippen molar-refractivity contribution in [2.45, 2.75) is 19.3 Å². The first-order valence-corrected chi connectivity index (χ1v) is 6.18. The Bertz CT molecular complexity index is 327. The van der Waals surface area contributed by atoms with E-state index in [1.54, 1.807) is 0 Å². The number of carbonyl (C=O) groups excluding carboxylic acids is 1. The molecule has 0 radical (unpaired) electrons. The van der Waals surface area contributed by atoms with Crippen LogP contribution in [-0.2, 0) is 4.79 Å². The second-order valence-corrected chi connectivity index (χ2v) is 4.57. The molecule has 0 spiro atoms. The van der Waals surface area contributed by atoms with Crippen LogP contribution in [0.2, 0.25) is 0 Å². The van der Waals surface area contributed by atoms with Gasteiger partial charge in [-0.05, 0) is 59.7 Å². The van der Waals surface area contributed by atoms with E-state index in [-0.39, 0.29) is 5.91 Å². The van der Waals surface area contributed by atoms with Crippen molar-refractivity contribution >= 4 is 28.5 Å². The molecule has 1 amide bonds. The van der Waals surface area contributed by atoms with Crippen molar-refractivity contribution in [2.75, 3.05) is 6.61 Å². The molecule has 0 aliphatic rings. The molecule has 5 heteroatoms.